The van der Waals surface area contributed by atoms with E-state index in [4.69, 9.17) is 23.2 Å². The van der Waals surface area contributed by atoms with Crippen molar-refractivity contribution in [2.45, 2.75) is 26.3 Å². The average molecular weight is 308 g/mol. The fourth-order valence-corrected chi connectivity index (χ4v) is 2.98. The molecular weight excluding hydrogens is 289 g/mol. The summed E-state index contributed by atoms with van der Waals surface area (Å²) in [5.41, 5.74) is 5.00. The van der Waals surface area contributed by atoms with Crippen LogP contribution >= 0.6 is 23.2 Å². The minimum Gasteiger partial charge on any atom is -0.313 e. The van der Waals surface area contributed by atoms with Crippen LogP contribution in [0.4, 0.5) is 0 Å². The summed E-state index contributed by atoms with van der Waals surface area (Å²) in [5, 5.41) is 4.77. The van der Waals surface area contributed by atoms with E-state index in [1.54, 1.807) is 6.07 Å². The van der Waals surface area contributed by atoms with E-state index in [0.717, 1.165) is 17.0 Å². The van der Waals surface area contributed by atoms with E-state index in [1.807, 2.05) is 19.2 Å². The summed E-state index contributed by atoms with van der Waals surface area (Å²) >= 11 is 12.2. The molecule has 2 rings (SSSR count). The number of hydrogen-bond donors (Lipinski definition) is 1. The predicted octanol–water partition coefficient (Wildman–Crippen LogP) is 5.11. The van der Waals surface area contributed by atoms with Gasteiger partial charge in [-0.05, 0) is 56.1 Å². The van der Waals surface area contributed by atoms with Crippen molar-refractivity contribution < 1.29 is 0 Å². The Morgan fingerprint density at radius 3 is 2.40 bits per heavy atom. The van der Waals surface area contributed by atoms with Crippen LogP contribution in [-0.2, 0) is 6.42 Å². The van der Waals surface area contributed by atoms with Crippen molar-refractivity contribution in [1.82, 2.24) is 5.32 Å². The largest absolute Gasteiger partial charge is 0.313 e. The van der Waals surface area contributed by atoms with Gasteiger partial charge in [-0.3, -0.25) is 0 Å². The Bertz CT molecular complexity index is 608. The molecule has 0 fully saturated rings. The third-order valence-corrected chi connectivity index (χ3v) is 4.18. The van der Waals surface area contributed by atoms with Crippen molar-refractivity contribution in [2.75, 3.05) is 7.05 Å². The number of likely N-dealkylation sites (N-methyl/N-ethyl adjacent to an activating group) is 1. The van der Waals surface area contributed by atoms with Crippen molar-refractivity contribution in [1.29, 1.82) is 0 Å². The Morgan fingerprint density at radius 1 is 1.05 bits per heavy atom. The summed E-state index contributed by atoms with van der Waals surface area (Å²) < 4.78 is 0. The molecular formula is C17H19Cl2N. The molecule has 0 aromatic heterocycles. The highest BCUT2D eigenvalue weighted by molar-refractivity contribution is 6.35. The molecule has 1 atom stereocenters. The molecule has 0 bridgehead atoms. The zero-order chi connectivity index (χ0) is 14.7. The van der Waals surface area contributed by atoms with Crippen molar-refractivity contribution >= 4 is 23.2 Å². The first-order valence-electron chi connectivity index (χ1n) is 6.69. The molecule has 3 heteroatoms. The molecule has 20 heavy (non-hydrogen) atoms. The Morgan fingerprint density at radius 2 is 1.80 bits per heavy atom. The molecule has 2 aromatic rings. The van der Waals surface area contributed by atoms with Crippen molar-refractivity contribution in [3.63, 3.8) is 0 Å². The lowest BCUT2D eigenvalue weighted by Crippen LogP contribution is -2.20. The van der Waals surface area contributed by atoms with Gasteiger partial charge in [-0.1, -0.05) is 53.0 Å². The molecule has 1 N–H and O–H groups in total. The number of benzene rings is 2. The summed E-state index contributed by atoms with van der Waals surface area (Å²) in [7, 11) is 1.98. The van der Waals surface area contributed by atoms with E-state index >= 15 is 0 Å². The summed E-state index contributed by atoms with van der Waals surface area (Å²) in [6.45, 7) is 4.26. The summed E-state index contributed by atoms with van der Waals surface area (Å²) in [6, 6.07) is 12.5. The second-order valence-electron chi connectivity index (χ2n) is 5.14. The summed E-state index contributed by atoms with van der Waals surface area (Å²) in [4.78, 5) is 0. The van der Waals surface area contributed by atoms with Crippen LogP contribution in [0.1, 0.15) is 28.3 Å². The maximum absolute atomic E-state index is 6.27. The molecule has 0 aliphatic carbocycles. The van der Waals surface area contributed by atoms with E-state index < -0.39 is 0 Å². The van der Waals surface area contributed by atoms with Crippen molar-refractivity contribution in [3.05, 3.63) is 68.7 Å². The van der Waals surface area contributed by atoms with Crippen LogP contribution in [0.5, 0.6) is 0 Å². The minimum atomic E-state index is 0.245. The number of hydrogen-bond acceptors (Lipinski definition) is 1. The van der Waals surface area contributed by atoms with E-state index in [9.17, 15) is 0 Å². The highest BCUT2D eigenvalue weighted by Gasteiger charge is 2.14. The fourth-order valence-electron chi connectivity index (χ4n) is 2.49. The maximum atomic E-state index is 6.27. The monoisotopic (exact) mass is 307 g/mol. The first-order chi connectivity index (χ1) is 9.51. The fraction of sp³-hybridized carbons (Fsp3) is 0.294. The molecule has 0 saturated carbocycles. The standard InChI is InChI=1S/C17H19Cl2N/c1-11-4-7-15(12(2)8-11)17(20-3)9-13-5-6-14(18)10-16(13)19/h4-8,10,17,20H,9H2,1-3H3. The Labute approximate surface area is 130 Å². The maximum Gasteiger partial charge on any atom is 0.0453 e. The normalized spacial score (nSPS) is 12.4. The van der Waals surface area contributed by atoms with E-state index in [0.29, 0.717) is 5.02 Å². The van der Waals surface area contributed by atoms with Gasteiger partial charge >= 0.3 is 0 Å². The molecule has 0 aliphatic heterocycles. The second-order valence-corrected chi connectivity index (χ2v) is 5.98. The zero-order valence-corrected chi connectivity index (χ0v) is 13.5. The van der Waals surface area contributed by atoms with Crippen LogP contribution in [0.2, 0.25) is 10.0 Å². The number of rotatable bonds is 4. The molecule has 1 unspecified atom stereocenters. The van der Waals surface area contributed by atoms with Gasteiger partial charge in [0.1, 0.15) is 0 Å². The lowest BCUT2D eigenvalue weighted by atomic mass is 9.94. The van der Waals surface area contributed by atoms with Gasteiger partial charge in [0.15, 0.2) is 0 Å². The first kappa shape index (κ1) is 15.4. The summed E-state index contributed by atoms with van der Waals surface area (Å²) in [5.74, 6) is 0. The van der Waals surface area contributed by atoms with E-state index in [1.165, 1.54) is 16.7 Å². The van der Waals surface area contributed by atoms with Crippen LogP contribution in [0.25, 0.3) is 0 Å². The van der Waals surface area contributed by atoms with E-state index in [-0.39, 0.29) is 6.04 Å². The average Bonchev–Trinajstić information content (AvgIpc) is 2.39. The highest BCUT2D eigenvalue weighted by atomic mass is 35.5. The SMILES string of the molecule is CNC(Cc1ccc(Cl)cc1Cl)c1ccc(C)cc1C. The molecule has 0 radical (unpaired) electrons. The summed E-state index contributed by atoms with van der Waals surface area (Å²) in [6.07, 6.45) is 0.844. The van der Waals surface area contributed by atoms with Gasteiger partial charge in [0.25, 0.3) is 0 Å². The van der Waals surface area contributed by atoms with Crippen LogP contribution in [0.15, 0.2) is 36.4 Å². The molecule has 0 heterocycles. The van der Waals surface area contributed by atoms with Gasteiger partial charge < -0.3 is 5.32 Å². The number of nitrogens with one attached hydrogen (secondary N) is 1. The van der Waals surface area contributed by atoms with Crippen LogP contribution in [0, 0.1) is 13.8 Å². The van der Waals surface area contributed by atoms with Gasteiger partial charge in [0, 0.05) is 16.1 Å². The highest BCUT2D eigenvalue weighted by Crippen LogP contribution is 2.27. The third kappa shape index (κ3) is 3.54. The quantitative estimate of drug-likeness (QED) is 0.827. The van der Waals surface area contributed by atoms with Gasteiger partial charge in [-0.25, -0.2) is 0 Å². The molecule has 0 spiro atoms. The molecule has 2 aromatic carbocycles. The zero-order valence-electron chi connectivity index (χ0n) is 12.0. The van der Waals surface area contributed by atoms with Gasteiger partial charge in [0.2, 0.25) is 0 Å². The van der Waals surface area contributed by atoms with Crippen LogP contribution < -0.4 is 5.32 Å². The number of aryl methyl sites for hydroxylation is 2. The molecule has 0 amide bonds. The lowest BCUT2D eigenvalue weighted by molar-refractivity contribution is 0.589. The molecule has 106 valence electrons. The van der Waals surface area contributed by atoms with E-state index in [2.05, 4.69) is 37.4 Å². The minimum absolute atomic E-state index is 0.245. The first-order valence-corrected chi connectivity index (χ1v) is 7.45. The lowest BCUT2D eigenvalue weighted by Gasteiger charge is -2.20. The molecule has 0 saturated heterocycles. The van der Waals surface area contributed by atoms with Gasteiger partial charge in [-0.2, -0.15) is 0 Å². The second kappa shape index (κ2) is 6.62. The van der Waals surface area contributed by atoms with Crippen LogP contribution in [0.3, 0.4) is 0 Å². The third-order valence-electron chi connectivity index (χ3n) is 3.59. The topological polar surface area (TPSA) is 12.0 Å². The Balaban J connectivity index is 2.28. The van der Waals surface area contributed by atoms with Crippen molar-refractivity contribution in [3.8, 4) is 0 Å². The Hall–Kier alpha value is -1.02. The Kier molecular flexibility index (Phi) is 5.09. The molecule has 0 aliphatic rings. The smallest absolute Gasteiger partial charge is 0.0453 e. The van der Waals surface area contributed by atoms with Gasteiger partial charge in [0.05, 0.1) is 0 Å². The number of halogens is 2. The van der Waals surface area contributed by atoms with Crippen LogP contribution in [-0.4, -0.2) is 7.05 Å². The predicted molar refractivity (Wildman–Crippen MR) is 87.9 cm³/mol. The molecule has 1 nitrogen and oxygen atoms in total. The van der Waals surface area contributed by atoms with Crippen molar-refractivity contribution in [2.24, 2.45) is 0 Å². The van der Waals surface area contributed by atoms with Gasteiger partial charge in [-0.15, -0.1) is 0 Å².